The Labute approximate surface area is 174 Å². The molecule has 0 radical (unpaired) electrons. The Morgan fingerprint density at radius 2 is 1.90 bits per heavy atom. The molecular weight excluding hydrogens is 388 g/mol. The Hall–Kier alpha value is -3.74. The summed E-state index contributed by atoms with van der Waals surface area (Å²) < 4.78 is 26.9. The Balaban J connectivity index is 1.84. The Morgan fingerprint density at radius 3 is 2.60 bits per heavy atom. The van der Waals surface area contributed by atoms with E-state index < -0.39 is 5.97 Å². The van der Waals surface area contributed by atoms with Crippen molar-refractivity contribution < 1.29 is 33.3 Å². The molecule has 0 N–H and O–H groups in total. The van der Waals surface area contributed by atoms with Crippen LogP contribution in [0.2, 0.25) is 0 Å². The number of hydrogen-bond acceptors (Lipinski definition) is 7. The largest absolute Gasteiger partial charge is 0.497 e. The van der Waals surface area contributed by atoms with Gasteiger partial charge in [0.15, 0.2) is 12.4 Å². The lowest BCUT2D eigenvalue weighted by Crippen LogP contribution is -2.15. The van der Waals surface area contributed by atoms with E-state index in [1.807, 2.05) is 0 Å². The molecule has 7 nitrogen and oxygen atoms in total. The van der Waals surface area contributed by atoms with Gasteiger partial charge in [-0.05, 0) is 43.3 Å². The lowest BCUT2D eigenvalue weighted by atomic mass is 10.1. The summed E-state index contributed by atoms with van der Waals surface area (Å²) in [6.07, 6.45) is 3.08. The SMILES string of the molecule is C=CCOC(=O)COc1ccc2c(c1C)O/C(=C\c1cc(OC)ccc1OC)C2=O. The number of esters is 1. The van der Waals surface area contributed by atoms with E-state index in [1.54, 1.807) is 57.6 Å². The minimum absolute atomic E-state index is 0.116. The van der Waals surface area contributed by atoms with Gasteiger partial charge in [-0.1, -0.05) is 12.7 Å². The van der Waals surface area contributed by atoms with Crippen molar-refractivity contribution in [3.63, 3.8) is 0 Å². The molecule has 0 aromatic heterocycles. The average molecular weight is 410 g/mol. The van der Waals surface area contributed by atoms with Crippen LogP contribution in [0.15, 0.2) is 48.7 Å². The van der Waals surface area contributed by atoms with E-state index in [0.29, 0.717) is 39.7 Å². The smallest absolute Gasteiger partial charge is 0.344 e. The van der Waals surface area contributed by atoms with Crippen molar-refractivity contribution in [3.8, 4) is 23.0 Å². The average Bonchev–Trinajstić information content (AvgIpc) is 3.07. The van der Waals surface area contributed by atoms with Crippen LogP contribution in [-0.2, 0) is 9.53 Å². The van der Waals surface area contributed by atoms with Crippen molar-refractivity contribution in [1.82, 2.24) is 0 Å². The Kier molecular flexibility index (Phi) is 6.41. The van der Waals surface area contributed by atoms with Crippen LogP contribution in [0.1, 0.15) is 21.5 Å². The number of hydrogen-bond donors (Lipinski definition) is 0. The van der Waals surface area contributed by atoms with Gasteiger partial charge in [0.05, 0.1) is 19.8 Å². The van der Waals surface area contributed by atoms with Gasteiger partial charge in [0.25, 0.3) is 0 Å². The van der Waals surface area contributed by atoms with Crippen molar-refractivity contribution in [1.29, 1.82) is 0 Å². The third-order valence-corrected chi connectivity index (χ3v) is 4.47. The molecule has 0 aliphatic carbocycles. The number of ether oxygens (including phenoxy) is 5. The van der Waals surface area contributed by atoms with Crippen LogP contribution in [0.5, 0.6) is 23.0 Å². The standard InChI is InChI=1S/C23H22O7/c1-5-10-28-21(24)13-29-18-9-7-17-22(25)20(30-23(17)14(18)2)12-15-11-16(26-3)6-8-19(15)27-4/h5-9,11-12H,1,10,13H2,2-4H3/b20-12-. The number of carbonyl (C=O) groups is 2. The number of carbonyl (C=O) groups excluding carboxylic acids is 2. The van der Waals surface area contributed by atoms with Crippen LogP contribution >= 0.6 is 0 Å². The van der Waals surface area contributed by atoms with Crippen LogP contribution < -0.4 is 18.9 Å². The van der Waals surface area contributed by atoms with E-state index >= 15 is 0 Å². The summed E-state index contributed by atoms with van der Waals surface area (Å²) in [5.74, 6) is 1.41. The summed E-state index contributed by atoms with van der Waals surface area (Å²) >= 11 is 0. The van der Waals surface area contributed by atoms with Gasteiger partial charge < -0.3 is 23.7 Å². The van der Waals surface area contributed by atoms with Gasteiger partial charge in [-0.3, -0.25) is 4.79 Å². The summed E-state index contributed by atoms with van der Waals surface area (Å²) in [5.41, 5.74) is 1.67. The first kappa shape index (κ1) is 21.0. The van der Waals surface area contributed by atoms with Crippen LogP contribution in [0.25, 0.3) is 6.08 Å². The third kappa shape index (κ3) is 4.30. The van der Waals surface area contributed by atoms with Gasteiger partial charge in [0.2, 0.25) is 5.78 Å². The molecule has 7 heteroatoms. The first-order chi connectivity index (χ1) is 14.5. The second-order valence-electron chi connectivity index (χ2n) is 6.37. The van der Waals surface area contributed by atoms with E-state index in [4.69, 9.17) is 23.7 Å². The molecule has 0 fully saturated rings. The maximum absolute atomic E-state index is 12.8. The highest BCUT2D eigenvalue weighted by Crippen LogP contribution is 2.40. The van der Waals surface area contributed by atoms with Crippen molar-refractivity contribution in [2.45, 2.75) is 6.92 Å². The molecule has 0 saturated heterocycles. The van der Waals surface area contributed by atoms with E-state index in [1.165, 1.54) is 6.08 Å². The van der Waals surface area contributed by atoms with E-state index in [2.05, 4.69) is 6.58 Å². The third-order valence-electron chi connectivity index (χ3n) is 4.47. The normalized spacial score (nSPS) is 13.4. The fourth-order valence-electron chi connectivity index (χ4n) is 2.95. The lowest BCUT2D eigenvalue weighted by molar-refractivity contribution is -0.144. The second kappa shape index (κ2) is 9.17. The molecule has 0 unspecified atom stereocenters. The summed E-state index contributed by atoms with van der Waals surface area (Å²) in [6, 6.07) is 8.51. The minimum Gasteiger partial charge on any atom is -0.497 e. The molecule has 156 valence electrons. The number of ketones is 1. The summed E-state index contributed by atoms with van der Waals surface area (Å²) in [4.78, 5) is 24.4. The van der Waals surface area contributed by atoms with Gasteiger partial charge in [-0.15, -0.1) is 0 Å². The molecule has 3 rings (SSSR count). The molecule has 0 amide bonds. The molecule has 2 aromatic carbocycles. The molecule has 0 saturated carbocycles. The van der Waals surface area contributed by atoms with Crippen molar-refractivity contribution >= 4 is 17.8 Å². The summed E-state index contributed by atoms with van der Waals surface area (Å²) in [7, 11) is 3.10. The zero-order valence-electron chi connectivity index (χ0n) is 17.0. The van der Waals surface area contributed by atoms with Crippen LogP contribution in [-0.4, -0.2) is 39.2 Å². The molecule has 0 atom stereocenters. The number of fused-ring (bicyclic) bond motifs is 1. The van der Waals surface area contributed by atoms with Gasteiger partial charge in [0.1, 0.15) is 29.6 Å². The summed E-state index contributed by atoms with van der Waals surface area (Å²) in [6.45, 7) is 5.10. The number of methoxy groups -OCH3 is 2. The van der Waals surface area contributed by atoms with Crippen molar-refractivity contribution in [3.05, 3.63) is 65.4 Å². The fraction of sp³-hybridized carbons (Fsp3) is 0.217. The first-order valence-electron chi connectivity index (χ1n) is 9.17. The minimum atomic E-state index is -0.516. The van der Waals surface area contributed by atoms with E-state index in [9.17, 15) is 9.59 Å². The van der Waals surface area contributed by atoms with Gasteiger partial charge >= 0.3 is 5.97 Å². The first-order valence-corrected chi connectivity index (χ1v) is 9.17. The highest BCUT2D eigenvalue weighted by atomic mass is 16.6. The number of rotatable bonds is 8. The lowest BCUT2D eigenvalue weighted by Gasteiger charge is -2.11. The van der Waals surface area contributed by atoms with E-state index in [-0.39, 0.29) is 24.8 Å². The maximum atomic E-state index is 12.8. The summed E-state index contributed by atoms with van der Waals surface area (Å²) in [5, 5.41) is 0. The second-order valence-corrected chi connectivity index (χ2v) is 6.37. The quantitative estimate of drug-likeness (QED) is 0.373. The van der Waals surface area contributed by atoms with Gasteiger partial charge in [-0.25, -0.2) is 4.79 Å². The van der Waals surface area contributed by atoms with Crippen molar-refractivity contribution in [2.75, 3.05) is 27.4 Å². The van der Waals surface area contributed by atoms with Crippen molar-refractivity contribution in [2.24, 2.45) is 0 Å². The number of benzene rings is 2. The Morgan fingerprint density at radius 1 is 1.13 bits per heavy atom. The molecule has 2 aromatic rings. The van der Waals surface area contributed by atoms with Crippen LogP contribution in [0.3, 0.4) is 0 Å². The predicted molar refractivity (Wildman–Crippen MR) is 110 cm³/mol. The van der Waals surface area contributed by atoms with Gasteiger partial charge in [-0.2, -0.15) is 0 Å². The zero-order valence-corrected chi connectivity index (χ0v) is 17.0. The van der Waals surface area contributed by atoms with Crippen LogP contribution in [0.4, 0.5) is 0 Å². The zero-order chi connectivity index (χ0) is 21.7. The molecular formula is C23H22O7. The monoisotopic (exact) mass is 410 g/mol. The molecule has 1 aliphatic rings. The predicted octanol–water partition coefficient (Wildman–Crippen LogP) is 3.74. The number of Topliss-reactive ketones (excluding diaryl/α,β-unsaturated/α-hetero) is 1. The molecule has 30 heavy (non-hydrogen) atoms. The van der Waals surface area contributed by atoms with E-state index in [0.717, 1.165) is 0 Å². The molecule has 0 spiro atoms. The molecule has 1 aliphatic heterocycles. The van der Waals surface area contributed by atoms with Crippen LogP contribution in [0, 0.1) is 6.92 Å². The number of allylic oxidation sites excluding steroid dienone is 1. The Bertz CT molecular complexity index is 1020. The molecule has 0 bridgehead atoms. The highest BCUT2D eigenvalue weighted by Gasteiger charge is 2.30. The van der Waals surface area contributed by atoms with Gasteiger partial charge in [0, 0.05) is 11.1 Å². The molecule has 1 heterocycles. The topological polar surface area (TPSA) is 80.3 Å². The maximum Gasteiger partial charge on any atom is 0.344 e. The highest BCUT2D eigenvalue weighted by molar-refractivity contribution is 6.15. The fourth-order valence-corrected chi connectivity index (χ4v) is 2.95.